The van der Waals surface area contributed by atoms with Gasteiger partial charge in [-0.05, 0) is 12.8 Å². The van der Waals surface area contributed by atoms with Crippen LogP contribution >= 0.6 is 0 Å². The Morgan fingerprint density at radius 3 is 2.50 bits per heavy atom. The van der Waals surface area contributed by atoms with Gasteiger partial charge in [0.2, 0.25) is 0 Å². The summed E-state index contributed by atoms with van der Waals surface area (Å²) in [5.41, 5.74) is -0.0877. The van der Waals surface area contributed by atoms with Gasteiger partial charge in [0.1, 0.15) is 11.3 Å². The molecule has 14 heavy (non-hydrogen) atoms. The fourth-order valence-corrected chi connectivity index (χ4v) is 1.53. The van der Waals surface area contributed by atoms with Gasteiger partial charge in [-0.3, -0.25) is 9.59 Å². The second-order valence-corrected chi connectivity index (χ2v) is 3.66. The molecule has 0 spiro atoms. The van der Waals surface area contributed by atoms with Crippen molar-refractivity contribution in [3.05, 3.63) is 11.3 Å². The number of allylic oxidation sites excluding steroid dienone is 1. The summed E-state index contributed by atoms with van der Waals surface area (Å²) in [5.74, 6) is -0.841. The van der Waals surface area contributed by atoms with E-state index in [1.165, 1.54) is 6.92 Å². The Hall–Kier alpha value is -1.32. The minimum Gasteiger partial charge on any atom is -0.512 e. The summed E-state index contributed by atoms with van der Waals surface area (Å²) in [6.07, 6.45) is 0.814. The van der Waals surface area contributed by atoms with E-state index in [1.807, 2.05) is 13.8 Å². The zero-order valence-corrected chi connectivity index (χ0v) is 8.63. The maximum absolute atomic E-state index is 11.7. The molecule has 0 aliphatic carbocycles. The van der Waals surface area contributed by atoms with Crippen LogP contribution in [0.1, 0.15) is 27.2 Å². The van der Waals surface area contributed by atoms with E-state index >= 15 is 0 Å². The third kappa shape index (κ3) is 1.64. The van der Waals surface area contributed by atoms with Gasteiger partial charge in [-0.2, -0.15) is 0 Å². The monoisotopic (exact) mass is 197 g/mol. The number of hydrogen-bond acceptors (Lipinski definition) is 3. The molecule has 1 heterocycles. The van der Waals surface area contributed by atoms with Gasteiger partial charge in [0.25, 0.3) is 5.91 Å². The normalized spacial score (nSPS) is 27.5. The molecule has 0 unspecified atom stereocenters. The Balaban J connectivity index is 2.97. The molecule has 0 radical (unpaired) electrons. The van der Waals surface area contributed by atoms with Gasteiger partial charge in [0, 0.05) is 0 Å². The van der Waals surface area contributed by atoms with Crippen LogP contribution in [0, 0.1) is 5.92 Å². The summed E-state index contributed by atoms with van der Waals surface area (Å²) in [5, 5.41) is 11.7. The van der Waals surface area contributed by atoms with Crippen LogP contribution in [0.5, 0.6) is 0 Å². The van der Waals surface area contributed by atoms with E-state index in [1.54, 1.807) is 0 Å². The van der Waals surface area contributed by atoms with Crippen molar-refractivity contribution in [2.45, 2.75) is 33.2 Å². The van der Waals surface area contributed by atoms with Crippen molar-refractivity contribution in [3.63, 3.8) is 0 Å². The number of amides is 1. The lowest BCUT2D eigenvalue weighted by Gasteiger charge is -2.14. The standard InChI is InChI=1S/C10H15NO3/c1-4-5(2)8-9(13)7(6(3)12)10(14)11-8/h5,8,12H,4H2,1-3H3,(H,11,14)/b7-6-/t5-,8-/m1/s1. The topological polar surface area (TPSA) is 66.4 Å². The molecule has 0 saturated carbocycles. The van der Waals surface area contributed by atoms with E-state index in [9.17, 15) is 9.59 Å². The molecule has 0 aromatic heterocycles. The highest BCUT2D eigenvalue weighted by molar-refractivity contribution is 6.26. The number of ketones is 1. The smallest absolute Gasteiger partial charge is 0.259 e. The van der Waals surface area contributed by atoms with Crippen LogP contribution in [0.3, 0.4) is 0 Å². The SMILES string of the molecule is CC[C@@H](C)[C@H]1NC(=O)/C(=C(/C)O)C1=O. The van der Waals surface area contributed by atoms with Gasteiger partial charge in [0.05, 0.1) is 6.04 Å². The largest absolute Gasteiger partial charge is 0.512 e. The van der Waals surface area contributed by atoms with Gasteiger partial charge in [0.15, 0.2) is 5.78 Å². The highest BCUT2D eigenvalue weighted by Gasteiger charge is 2.39. The van der Waals surface area contributed by atoms with Crippen molar-refractivity contribution in [1.82, 2.24) is 5.32 Å². The number of carbonyl (C=O) groups is 2. The lowest BCUT2D eigenvalue weighted by atomic mass is 9.95. The third-order valence-corrected chi connectivity index (χ3v) is 2.62. The molecule has 1 saturated heterocycles. The number of nitrogens with one attached hydrogen (secondary N) is 1. The fourth-order valence-electron chi connectivity index (χ4n) is 1.53. The van der Waals surface area contributed by atoms with Gasteiger partial charge in [-0.15, -0.1) is 0 Å². The summed E-state index contributed by atoms with van der Waals surface area (Å²) in [4.78, 5) is 23.0. The van der Waals surface area contributed by atoms with Crippen LogP contribution in [0.4, 0.5) is 0 Å². The molecule has 2 N–H and O–H groups in total. The van der Waals surface area contributed by atoms with Crippen LogP contribution in [0.2, 0.25) is 0 Å². The predicted molar refractivity (Wildman–Crippen MR) is 51.7 cm³/mol. The zero-order valence-electron chi connectivity index (χ0n) is 8.63. The summed E-state index contributed by atoms with van der Waals surface area (Å²) < 4.78 is 0. The molecular weight excluding hydrogens is 182 g/mol. The molecule has 1 amide bonds. The van der Waals surface area contributed by atoms with E-state index < -0.39 is 11.9 Å². The Labute approximate surface area is 83.0 Å². The van der Waals surface area contributed by atoms with E-state index in [0.717, 1.165) is 6.42 Å². The second-order valence-electron chi connectivity index (χ2n) is 3.66. The van der Waals surface area contributed by atoms with Crippen molar-refractivity contribution in [2.75, 3.05) is 0 Å². The molecule has 1 aliphatic rings. The summed E-state index contributed by atoms with van der Waals surface area (Å²) in [7, 11) is 0. The highest BCUT2D eigenvalue weighted by atomic mass is 16.3. The van der Waals surface area contributed by atoms with Gasteiger partial charge < -0.3 is 10.4 Å². The van der Waals surface area contributed by atoms with Crippen LogP contribution in [-0.2, 0) is 9.59 Å². The van der Waals surface area contributed by atoms with Crippen LogP contribution < -0.4 is 5.32 Å². The molecule has 78 valence electrons. The second kappa shape index (κ2) is 3.82. The number of rotatable bonds is 2. The Bertz CT molecular complexity index is 302. The van der Waals surface area contributed by atoms with Crippen molar-refractivity contribution in [3.8, 4) is 0 Å². The van der Waals surface area contributed by atoms with E-state index in [4.69, 9.17) is 5.11 Å². The molecular formula is C10H15NO3. The molecule has 1 fully saturated rings. The predicted octanol–water partition coefficient (Wildman–Crippen LogP) is 0.932. The first-order valence-corrected chi connectivity index (χ1v) is 4.74. The lowest BCUT2D eigenvalue weighted by molar-refractivity contribution is -0.117. The highest BCUT2D eigenvalue weighted by Crippen LogP contribution is 2.20. The minimum atomic E-state index is -0.468. The maximum Gasteiger partial charge on any atom is 0.259 e. The molecule has 0 aromatic carbocycles. The molecule has 4 nitrogen and oxygen atoms in total. The number of carbonyl (C=O) groups excluding carboxylic acids is 2. The summed E-state index contributed by atoms with van der Waals surface area (Å²) in [6, 6.07) is -0.468. The van der Waals surface area contributed by atoms with Gasteiger partial charge in [-0.1, -0.05) is 20.3 Å². The first kappa shape index (κ1) is 10.8. The number of aliphatic hydroxyl groups is 1. The van der Waals surface area contributed by atoms with Crippen molar-refractivity contribution >= 4 is 11.7 Å². The molecule has 4 heteroatoms. The number of Topliss-reactive ketones (excluding diaryl/α,β-unsaturated/α-hetero) is 1. The first-order valence-electron chi connectivity index (χ1n) is 4.74. The van der Waals surface area contributed by atoms with Crippen molar-refractivity contribution in [1.29, 1.82) is 0 Å². The van der Waals surface area contributed by atoms with Gasteiger partial charge in [-0.25, -0.2) is 0 Å². The Kier molecular flexibility index (Phi) is 2.93. The average molecular weight is 197 g/mol. The van der Waals surface area contributed by atoms with E-state index in [-0.39, 0.29) is 23.0 Å². The third-order valence-electron chi connectivity index (χ3n) is 2.62. The van der Waals surface area contributed by atoms with Crippen LogP contribution in [-0.4, -0.2) is 22.8 Å². The lowest BCUT2D eigenvalue weighted by Crippen LogP contribution is -2.35. The Morgan fingerprint density at radius 1 is 1.57 bits per heavy atom. The summed E-state index contributed by atoms with van der Waals surface area (Å²) >= 11 is 0. The quantitative estimate of drug-likeness (QED) is 0.393. The van der Waals surface area contributed by atoms with Crippen molar-refractivity contribution < 1.29 is 14.7 Å². The van der Waals surface area contributed by atoms with E-state index in [0.29, 0.717) is 0 Å². The molecule has 0 aromatic rings. The molecule has 0 bridgehead atoms. The average Bonchev–Trinajstić information content (AvgIpc) is 2.40. The molecule has 1 aliphatic heterocycles. The van der Waals surface area contributed by atoms with Crippen LogP contribution in [0.15, 0.2) is 11.3 Å². The zero-order chi connectivity index (χ0) is 10.9. The maximum atomic E-state index is 11.7. The number of aliphatic hydroxyl groups excluding tert-OH is 1. The van der Waals surface area contributed by atoms with Gasteiger partial charge >= 0.3 is 0 Å². The van der Waals surface area contributed by atoms with Crippen LogP contribution in [0.25, 0.3) is 0 Å². The fraction of sp³-hybridized carbons (Fsp3) is 0.600. The molecule has 1 rings (SSSR count). The van der Waals surface area contributed by atoms with Crippen molar-refractivity contribution in [2.24, 2.45) is 5.92 Å². The Morgan fingerprint density at radius 2 is 2.14 bits per heavy atom. The molecule has 2 atom stereocenters. The first-order chi connectivity index (χ1) is 6.49. The van der Waals surface area contributed by atoms with E-state index in [2.05, 4.69) is 5.32 Å². The summed E-state index contributed by atoms with van der Waals surface area (Å²) in [6.45, 7) is 5.21. The number of hydrogen-bond donors (Lipinski definition) is 2. The minimum absolute atomic E-state index is 0.0877.